The summed E-state index contributed by atoms with van der Waals surface area (Å²) < 4.78 is 42.0. The van der Waals surface area contributed by atoms with Crippen LogP contribution in [0.25, 0.3) is 20.9 Å². The van der Waals surface area contributed by atoms with Crippen molar-refractivity contribution < 1.29 is 83.2 Å². The van der Waals surface area contributed by atoms with E-state index in [0.29, 0.717) is 12.3 Å². The van der Waals surface area contributed by atoms with Gasteiger partial charge in [0.25, 0.3) is 0 Å². The van der Waals surface area contributed by atoms with Gasteiger partial charge in [0.05, 0.1) is 18.3 Å². The summed E-state index contributed by atoms with van der Waals surface area (Å²) in [7, 11) is -2.99. The van der Waals surface area contributed by atoms with Gasteiger partial charge in [0.1, 0.15) is 10.1 Å². The third-order valence-electron chi connectivity index (χ3n) is 9.45. The minimum Gasteiger partial charge on any atom is -0.748 e. The summed E-state index contributed by atoms with van der Waals surface area (Å²) in [6, 6.07) is 21.3. The normalized spacial score (nSPS) is 17.1. The molecule has 0 bridgehead atoms. The van der Waals surface area contributed by atoms with Crippen LogP contribution in [0.4, 0.5) is 11.4 Å². The molecule has 0 fully saturated rings. The van der Waals surface area contributed by atoms with Gasteiger partial charge in [-0.3, -0.25) is 0 Å². The molecule has 2 aliphatic heterocycles. The topological polar surface area (TPSA) is 91.1 Å². The number of thiophene rings is 2. The van der Waals surface area contributed by atoms with Crippen LogP contribution >= 0.6 is 34.7 Å². The van der Waals surface area contributed by atoms with Crippen molar-refractivity contribution in [3.63, 3.8) is 0 Å². The summed E-state index contributed by atoms with van der Waals surface area (Å²) in [4.78, 5) is 9.29. The molecular formula is C40H42KN2O6S4+. The van der Waals surface area contributed by atoms with Gasteiger partial charge in [-0.1, -0.05) is 67.5 Å². The summed E-state index contributed by atoms with van der Waals surface area (Å²) in [5.41, 5.74) is 8.25. The van der Waals surface area contributed by atoms with Crippen molar-refractivity contribution in [2.75, 3.05) is 36.6 Å². The monoisotopic (exact) mass is 813 g/mol. The Bertz CT molecular complexity index is 2150. The molecular weight excluding hydrogens is 772 g/mol. The molecule has 0 amide bonds. The third kappa shape index (κ3) is 9.72. The summed E-state index contributed by atoms with van der Waals surface area (Å²) in [6.45, 7) is 9.58. The molecule has 53 heavy (non-hydrogen) atoms. The van der Waals surface area contributed by atoms with E-state index in [4.69, 9.17) is 4.33 Å². The van der Waals surface area contributed by atoms with Gasteiger partial charge in [0.2, 0.25) is 5.69 Å². The average Bonchev–Trinajstić information content (AvgIpc) is 3.91. The van der Waals surface area contributed by atoms with Crippen LogP contribution in [0.5, 0.6) is 0 Å². The quantitative estimate of drug-likeness (QED) is 0.0195. The fourth-order valence-corrected chi connectivity index (χ4v) is 9.20. The molecule has 4 heterocycles. The zero-order valence-corrected chi connectivity index (χ0v) is 37.2. The number of nitrogens with zero attached hydrogens (tertiary/aromatic N) is 2. The van der Waals surface area contributed by atoms with Crippen molar-refractivity contribution in [1.29, 1.82) is 0 Å². The Labute approximate surface area is 367 Å². The molecule has 0 saturated carbocycles. The van der Waals surface area contributed by atoms with Gasteiger partial charge in [-0.2, -0.15) is 4.58 Å². The van der Waals surface area contributed by atoms with Gasteiger partial charge >= 0.3 is 51.4 Å². The zero-order chi connectivity index (χ0) is 36.9. The third-order valence-corrected chi connectivity index (χ3v) is 12.5. The number of benzene rings is 2. The Kier molecular flexibility index (Phi) is 14.6. The van der Waals surface area contributed by atoms with Crippen molar-refractivity contribution in [3.05, 3.63) is 131 Å². The molecule has 272 valence electrons. The van der Waals surface area contributed by atoms with E-state index in [0.717, 1.165) is 22.5 Å². The molecule has 2 aromatic heterocycles. The number of rotatable bonds is 15. The minimum absolute atomic E-state index is 0. The molecule has 6 rings (SSSR count). The van der Waals surface area contributed by atoms with E-state index in [2.05, 4.69) is 114 Å². The van der Waals surface area contributed by atoms with Gasteiger partial charge in [0.15, 0.2) is 12.3 Å². The van der Waals surface area contributed by atoms with E-state index < -0.39 is 21.3 Å². The first-order valence-electron chi connectivity index (χ1n) is 16.9. The van der Waals surface area contributed by atoms with Crippen LogP contribution in [-0.2, 0) is 35.2 Å². The fraction of sp³-hybridized carbons (Fsp3) is 0.275. The van der Waals surface area contributed by atoms with Gasteiger partial charge in [-0.25, -0.2) is 13.3 Å². The zero-order valence-electron chi connectivity index (χ0n) is 30.8. The molecule has 13 heteroatoms. The molecule has 2 aliphatic rings. The van der Waals surface area contributed by atoms with E-state index >= 15 is 0 Å². The summed E-state index contributed by atoms with van der Waals surface area (Å²) >= 11 is 4.61. The second-order valence-electron chi connectivity index (χ2n) is 13.4. The second-order valence-corrected chi connectivity index (χ2v) is 17.6. The molecule has 0 radical (unpaired) electrons. The molecule has 0 saturated heterocycles. The predicted molar refractivity (Wildman–Crippen MR) is 214 cm³/mol. The molecule has 0 unspecified atom stereocenters. The first-order valence-corrected chi connectivity index (χ1v) is 21.1. The molecule has 4 aromatic rings. The maximum atomic E-state index is 11.7. The van der Waals surface area contributed by atoms with Gasteiger partial charge in [-0.15, -0.1) is 27.0 Å². The van der Waals surface area contributed by atoms with Gasteiger partial charge in [0, 0.05) is 68.6 Å². The maximum absolute atomic E-state index is 11.7. The van der Waals surface area contributed by atoms with Crippen LogP contribution in [0.3, 0.4) is 0 Å². The second kappa shape index (κ2) is 18.3. The van der Waals surface area contributed by atoms with E-state index in [1.54, 1.807) is 22.7 Å². The van der Waals surface area contributed by atoms with Gasteiger partial charge < -0.3 is 9.45 Å². The maximum Gasteiger partial charge on any atom is 1.00 e. The van der Waals surface area contributed by atoms with Crippen LogP contribution in [-0.4, -0.2) is 55.0 Å². The van der Waals surface area contributed by atoms with Crippen LogP contribution < -0.4 is 56.3 Å². The molecule has 8 nitrogen and oxygen atoms in total. The fourth-order valence-electron chi connectivity index (χ4n) is 6.92. The number of hydrogen-bond donors (Lipinski definition) is 0. The Morgan fingerprint density at radius 2 is 1.51 bits per heavy atom. The van der Waals surface area contributed by atoms with Crippen LogP contribution in [0.1, 0.15) is 38.8 Å². The number of fused-ring (bicyclic) bond motifs is 2. The van der Waals surface area contributed by atoms with E-state index in [-0.39, 0.29) is 63.3 Å². The van der Waals surface area contributed by atoms with E-state index in [9.17, 15) is 13.0 Å². The minimum atomic E-state index is -4.39. The van der Waals surface area contributed by atoms with E-state index in [1.165, 1.54) is 51.4 Å². The SMILES string of the molecule is COOOSCCN1/C(=C/C=C/C=C/C=C/C2=[N+](CCS(=O)(=O)[O-])c3ccc(-c4cccs4)cc3C2(C)C)C(C)(C)c2cc(-c3cccs3)ccc21.[K+]. The first kappa shape index (κ1) is 42.2. The standard InChI is InChI=1S/C40H42N2O6S4.K/c1-39(2)31-27-29(35-13-11-23-49-35)17-19-33(31)41(21-25-51-48-47-46-5)37(39)15-9-7-6-8-10-16-38-40(3,4)32-28-30(36-14-12-24-50-36)18-20-34(32)42(38)22-26-52(43,44)45;/h6-20,23-24,27-28H,21-22,25-26H2,1-5H3;/q;+1. The van der Waals surface area contributed by atoms with Crippen LogP contribution in [0.2, 0.25) is 0 Å². The number of allylic oxidation sites excluding steroid dienone is 8. The number of anilines is 1. The molecule has 2 aromatic carbocycles. The average molecular weight is 814 g/mol. The van der Waals surface area contributed by atoms with Crippen molar-refractivity contribution >= 4 is 61.9 Å². The summed E-state index contributed by atoms with van der Waals surface area (Å²) in [6.07, 6.45) is 14.1. The Balaban J connectivity index is 0.00000541. The van der Waals surface area contributed by atoms with Crippen LogP contribution in [0, 0.1) is 0 Å². The van der Waals surface area contributed by atoms with E-state index in [1.807, 2.05) is 47.1 Å². The molecule has 0 spiro atoms. The molecule has 0 aliphatic carbocycles. The Hall–Kier alpha value is -1.95. The van der Waals surface area contributed by atoms with Crippen molar-refractivity contribution in [3.8, 4) is 20.9 Å². The van der Waals surface area contributed by atoms with Gasteiger partial charge in [-0.05, 0) is 83.8 Å². The number of hydrogen-bond acceptors (Lipinski definition) is 10. The summed E-state index contributed by atoms with van der Waals surface area (Å²) in [5.74, 6) is 0.183. The Morgan fingerprint density at radius 3 is 2.15 bits per heavy atom. The first-order chi connectivity index (χ1) is 24.9. The van der Waals surface area contributed by atoms with Crippen molar-refractivity contribution in [2.45, 2.75) is 38.5 Å². The largest absolute Gasteiger partial charge is 1.00 e. The molecule has 0 atom stereocenters. The van der Waals surface area contributed by atoms with Crippen molar-refractivity contribution in [1.82, 2.24) is 0 Å². The summed E-state index contributed by atoms with van der Waals surface area (Å²) in [5, 5.41) is 8.74. The predicted octanol–water partition coefficient (Wildman–Crippen LogP) is 6.58. The van der Waals surface area contributed by atoms with Crippen molar-refractivity contribution in [2.24, 2.45) is 0 Å². The smallest absolute Gasteiger partial charge is 0.748 e. The molecule has 0 N–H and O–H groups in total. The Morgan fingerprint density at radius 1 is 0.868 bits per heavy atom. The van der Waals surface area contributed by atoms with Crippen LogP contribution in [0.15, 0.2) is 120 Å².